The van der Waals surface area contributed by atoms with Crippen LogP contribution in [0.4, 0.5) is 4.39 Å². The van der Waals surface area contributed by atoms with Crippen LogP contribution in [0.25, 0.3) is 16.8 Å². The van der Waals surface area contributed by atoms with E-state index in [1.54, 1.807) is 22.6 Å². The van der Waals surface area contributed by atoms with Gasteiger partial charge in [0.25, 0.3) is 5.56 Å². The summed E-state index contributed by atoms with van der Waals surface area (Å²) in [4.78, 5) is 17.2. The van der Waals surface area contributed by atoms with Crippen LogP contribution in [0.3, 0.4) is 0 Å². The van der Waals surface area contributed by atoms with Crippen LogP contribution in [0.1, 0.15) is 18.2 Å². The lowest BCUT2D eigenvalue weighted by molar-refractivity contribution is 0.603. The molecule has 0 spiro atoms. The van der Waals surface area contributed by atoms with Gasteiger partial charge in [-0.05, 0) is 30.7 Å². The molecule has 0 saturated carbocycles. The van der Waals surface area contributed by atoms with Gasteiger partial charge < -0.3 is 4.57 Å². The third-order valence-electron chi connectivity index (χ3n) is 4.35. The zero-order valence-electron chi connectivity index (χ0n) is 13.5. The normalized spacial score (nSPS) is 11.5. The van der Waals surface area contributed by atoms with E-state index >= 15 is 0 Å². The first-order valence-electron chi connectivity index (χ1n) is 8.03. The molecule has 4 aromatic rings. The second-order valence-electron chi connectivity index (χ2n) is 5.85. The maximum Gasteiger partial charge on any atom is 0.259 e. The monoisotopic (exact) mass is 355 g/mol. The Morgan fingerprint density at radius 3 is 2.60 bits per heavy atom. The van der Waals surface area contributed by atoms with Crippen LogP contribution in [0.15, 0.2) is 53.3 Å². The molecule has 126 valence electrons. The molecule has 2 aromatic heterocycles. The molecule has 0 saturated heterocycles. The molecule has 0 N–H and O–H groups in total. The summed E-state index contributed by atoms with van der Waals surface area (Å²) >= 11 is 6.20. The molecule has 2 aromatic carbocycles. The summed E-state index contributed by atoms with van der Waals surface area (Å²) in [6.07, 6.45) is 0.647. The molecule has 4 rings (SSSR count). The van der Waals surface area contributed by atoms with Crippen molar-refractivity contribution in [2.75, 3.05) is 0 Å². The van der Waals surface area contributed by atoms with Crippen molar-refractivity contribution in [3.63, 3.8) is 0 Å². The highest BCUT2D eigenvalue weighted by atomic mass is 35.5. The van der Waals surface area contributed by atoms with Gasteiger partial charge in [-0.15, -0.1) is 0 Å². The maximum atomic E-state index is 14.3. The minimum atomic E-state index is -0.377. The van der Waals surface area contributed by atoms with Crippen molar-refractivity contribution >= 4 is 28.4 Å². The Labute approximate surface area is 148 Å². The van der Waals surface area contributed by atoms with Crippen LogP contribution in [-0.2, 0) is 13.0 Å². The first-order chi connectivity index (χ1) is 12.1. The summed E-state index contributed by atoms with van der Waals surface area (Å²) in [5.41, 5.74) is 2.48. The third kappa shape index (κ3) is 2.51. The van der Waals surface area contributed by atoms with Crippen molar-refractivity contribution in [2.24, 2.45) is 0 Å². The predicted molar refractivity (Wildman–Crippen MR) is 96.8 cm³/mol. The molecule has 0 radical (unpaired) electrons. The first-order valence-corrected chi connectivity index (χ1v) is 8.40. The van der Waals surface area contributed by atoms with Crippen LogP contribution < -0.4 is 5.56 Å². The van der Waals surface area contributed by atoms with E-state index in [4.69, 9.17) is 11.6 Å². The number of aromatic nitrogens is 3. The highest BCUT2D eigenvalue weighted by Gasteiger charge is 2.16. The lowest BCUT2D eigenvalue weighted by Crippen LogP contribution is -2.16. The summed E-state index contributed by atoms with van der Waals surface area (Å²) in [6, 6.07) is 13.6. The van der Waals surface area contributed by atoms with E-state index in [-0.39, 0.29) is 17.9 Å². The zero-order valence-corrected chi connectivity index (χ0v) is 14.3. The van der Waals surface area contributed by atoms with Gasteiger partial charge in [0.05, 0.1) is 17.6 Å². The average molecular weight is 356 g/mol. The third-order valence-corrected chi connectivity index (χ3v) is 4.70. The van der Waals surface area contributed by atoms with Gasteiger partial charge in [-0.3, -0.25) is 4.79 Å². The van der Waals surface area contributed by atoms with Gasteiger partial charge in [-0.25, -0.2) is 13.8 Å². The van der Waals surface area contributed by atoms with Crippen molar-refractivity contribution in [3.8, 4) is 0 Å². The number of hydrogen-bond donors (Lipinski definition) is 0. The fourth-order valence-corrected chi connectivity index (χ4v) is 3.31. The summed E-state index contributed by atoms with van der Waals surface area (Å²) in [5.74, 6) is 0.113. The number of rotatable bonds is 3. The topological polar surface area (TPSA) is 39.3 Å². The number of aryl methyl sites for hydroxylation is 1. The van der Waals surface area contributed by atoms with Gasteiger partial charge in [0, 0.05) is 22.3 Å². The second kappa shape index (κ2) is 6.01. The maximum absolute atomic E-state index is 14.3. The predicted octanol–water partition coefficient (Wildman–Crippen LogP) is 4.05. The van der Waals surface area contributed by atoms with Gasteiger partial charge in [-0.1, -0.05) is 36.7 Å². The van der Waals surface area contributed by atoms with E-state index in [1.165, 1.54) is 6.07 Å². The Morgan fingerprint density at radius 2 is 1.88 bits per heavy atom. The average Bonchev–Trinajstić information content (AvgIpc) is 2.92. The van der Waals surface area contributed by atoms with Crippen LogP contribution in [0.2, 0.25) is 5.02 Å². The SMILES string of the molecule is CCc1cc(=O)n2c3ccccc3n(Cc3c(F)cccc3Cl)c2n1. The van der Waals surface area contributed by atoms with E-state index in [9.17, 15) is 9.18 Å². The molecule has 0 aliphatic carbocycles. The summed E-state index contributed by atoms with van der Waals surface area (Å²) in [6.45, 7) is 2.14. The highest BCUT2D eigenvalue weighted by Crippen LogP contribution is 2.25. The van der Waals surface area contributed by atoms with Crippen LogP contribution >= 0.6 is 11.6 Å². The molecule has 6 heteroatoms. The van der Waals surface area contributed by atoms with Crippen molar-refractivity contribution in [3.05, 3.63) is 81.0 Å². The smallest absolute Gasteiger partial charge is 0.259 e. The Balaban J connectivity index is 2.07. The van der Waals surface area contributed by atoms with Gasteiger partial charge in [0.2, 0.25) is 5.78 Å². The van der Waals surface area contributed by atoms with Gasteiger partial charge >= 0.3 is 0 Å². The summed E-state index contributed by atoms with van der Waals surface area (Å²) < 4.78 is 17.7. The minimum Gasteiger partial charge on any atom is -0.305 e. The Hall–Kier alpha value is -2.66. The van der Waals surface area contributed by atoms with Crippen LogP contribution in [0.5, 0.6) is 0 Å². The van der Waals surface area contributed by atoms with Gasteiger partial charge in [0.1, 0.15) is 5.82 Å². The van der Waals surface area contributed by atoms with E-state index in [1.807, 2.05) is 35.8 Å². The summed E-state index contributed by atoms with van der Waals surface area (Å²) in [5, 5.41) is 0.352. The van der Waals surface area contributed by atoms with Gasteiger partial charge in [0.15, 0.2) is 0 Å². The Bertz CT molecular complexity index is 1140. The molecule has 0 fully saturated rings. The first kappa shape index (κ1) is 15.8. The van der Waals surface area contributed by atoms with E-state index in [2.05, 4.69) is 4.98 Å². The van der Waals surface area contributed by atoms with Crippen LogP contribution in [-0.4, -0.2) is 14.0 Å². The molecule has 0 unspecified atom stereocenters. The van der Waals surface area contributed by atoms with Crippen molar-refractivity contribution in [2.45, 2.75) is 19.9 Å². The molecule has 0 bridgehead atoms. The Morgan fingerprint density at radius 1 is 1.12 bits per heavy atom. The molecule has 0 aliphatic rings. The fourth-order valence-electron chi connectivity index (χ4n) is 3.09. The highest BCUT2D eigenvalue weighted by molar-refractivity contribution is 6.31. The van der Waals surface area contributed by atoms with Gasteiger partial charge in [-0.2, -0.15) is 0 Å². The molecular formula is C19H15ClFN3O. The standard InChI is InChI=1S/C19H15ClFN3O/c1-2-12-10-18(25)24-17-9-4-3-8-16(17)23(19(24)22-12)11-13-14(20)6-5-7-15(13)21/h3-10H,2,11H2,1H3. The van der Waals surface area contributed by atoms with Crippen molar-refractivity contribution in [1.29, 1.82) is 0 Å². The quantitative estimate of drug-likeness (QED) is 0.556. The number of fused-ring (bicyclic) bond motifs is 3. The van der Waals surface area contributed by atoms with E-state index in [0.29, 0.717) is 28.5 Å². The van der Waals surface area contributed by atoms with Crippen molar-refractivity contribution in [1.82, 2.24) is 14.0 Å². The number of nitrogens with zero attached hydrogens (tertiary/aromatic N) is 3. The number of para-hydroxylation sites is 2. The number of benzene rings is 2. The van der Waals surface area contributed by atoms with Crippen LogP contribution in [0, 0.1) is 5.82 Å². The van der Waals surface area contributed by atoms with E-state index < -0.39 is 0 Å². The fraction of sp³-hybridized carbons (Fsp3) is 0.158. The largest absolute Gasteiger partial charge is 0.305 e. The number of imidazole rings is 1. The number of halogens is 2. The number of hydrogen-bond acceptors (Lipinski definition) is 2. The molecule has 0 amide bonds. The molecule has 4 nitrogen and oxygen atoms in total. The molecule has 0 aliphatic heterocycles. The molecule has 25 heavy (non-hydrogen) atoms. The zero-order chi connectivity index (χ0) is 17.6. The lowest BCUT2D eigenvalue weighted by atomic mass is 10.2. The minimum absolute atomic E-state index is 0.142. The Kier molecular flexibility index (Phi) is 3.81. The second-order valence-corrected chi connectivity index (χ2v) is 6.26. The van der Waals surface area contributed by atoms with E-state index in [0.717, 1.165) is 11.0 Å². The lowest BCUT2D eigenvalue weighted by Gasteiger charge is -2.09. The molecule has 0 atom stereocenters. The van der Waals surface area contributed by atoms with Crippen molar-refractivity contribution < 1.29 is 4.39 Å². The molecule has 2 heterocycles. The molecular weight excluding hydrogens is 341 g/mol. The summed E-state index contributed by atoms with van der Waals surface area (Å²) in [7, 11) is 0.